The number of hydrogen-bond donors (Lipinski definition) is 2. The van der Waals surface area contributed by atoms with Crippen molar-refractivity contribution in [3.8, 4) is 22.9 Å². The Morgan fingerprint density at radius 2 is 1.88 bits per heavy atom. The van der Waals surface area contributed by atoms with Crippen LogP contribution in [0.4, 0.5) is 4.39 Å². The van der Waals surface area contributed by atoms with Gasteiger partial charge in [0, 0.05) is 11.5 Å². The largest absolute Gasteiger partial charge is 0.485 e. The van der Waals surface area contributed by atoms with Gasteiger partial charge in [-0.3, -0.25) is 10.1 Å². The fourth-order valence-corrected chi connectivity index (χ4v) is 4.56. The number of guanidine groups is 1. The Hall–Kier alpha value is -4.18. The average Bonchev–Trinajstić information content (AvgIpc) is 3.11. The summed E-state index contributed by atoms with van der Waals surface area (Å²) in [5.74, 6) is -0.558. The van der Waals surface area contributed by atoms with Crippen LogP contribution in [-0.4, -0.2) is 11.9 Å². The van der Waals surface area contributed by atoms with E-state index in [4.69, 9.17) is 10.5 Å². The highest BCUT2D eigenvalue weighted by Crippen LogP contribution is 2.52. The lowest BCUT2D eigenvalue weighted by molar-refractivity contribution is -0.128. The number of ether oxygens (including phenoxy) is 1. The third-order valence-corrected chi connectivity index (χ3v) is 6.17. The van der Waals surface area contributed by atoms with Crippen molar-refractivity contribution in [2.24, 2.45) is 16.6 Å². The number of rotatable bonds is 2. The van der Waals surface area contributed by atoms with Gasteiger partial charge in [-0.25, -0.2) is 9.38 Å². The molecule has 3 N–H and O–H groups in total. The lowest BCUT2D eigenvalue weighted by atomic mass is 9.72. The van der Waals surface area contributed by atoms with Crippen LogP contribution < -0.4 is 15.8 Å². The number of carbonyl (C=O) groups excluding carboxylic acids is 1. The van der Waals surface area contributed by atoms with Gasteiger partial charge < -0.3 is 10.5 Å². The van der Waals surface area contributed by atoms with E-state index in [0.29, 0.717) is 16.9 Å². The van der Waals surface area contributed by atoms with Crippen LogP contribution in [-0.2, 0) is 10.3 Å². The van der Waals surface area contributed by atoms with Crippen LogP contribution in [0.15, 0.2) is 71.7 Å². The molecule has 3 aromatic rings. The highest BCUT2D eigenvalue weighted by molar-refractivity contribution is 6.08. The molecule has 1 spiro atoms. The van der Waals surface area contributed by atoms with Gasteiger partial charge in [-0.15, -0.1) is 0 Å². The molecule has 3 aromatic carbocycles. The van der Waals surface area contributed by atoms with Crippen molar-refractivity contribution >= 4 is 11.9 Å². The summed E-state index contributed by atoms with van der Waals surface area (Å²) in [6, 6.07) is 20.9. The van der Waals surface area contributed by atoms with Crippen LogP contribution in [0.5, 0.6) is 5.75 Å². The Balaban J connectivity index is 1.69. The fraction of sp³-hybridized carbons (Fsp3) is 0.160. The number of nitrogens with two attached hydrogens (primary N) is 1. The predicted molar refractivity (Wildman–Crippen MR) is 117 cm³/mol. The third-order valence-electron chi connectivity index (χ3n) is 6.17. The highest BCUT2D eigenvalue weighted by Gasteiger charge is 2.56. The lowest BCUT2D eigenvalue weighted by Gasteiger charge is -2.42. The Bertz CT molecular complexity index is 1310. The maximum atomic E-state index is 13.5. The quantitative estimate of drug-likeness (QED) is 0.651. The van der Waals surface area contributed by atoms with Gasteiger partial charge in [0.25, 0.3) is 5.91 Å². The smallest absolute Gasteiger partial charge is 0.259 e. The number of halogens is 1. The van der Waals surface area contributed by atoms with Crippen molar-refractivity contribution in [1.29, 1.82) is 5.26 Å². The van der Waals surface area contributed by atoms with Gasteiger partial charge in [0.05, 0.1) is 11.6 Å². The summed E-state index contributed by atoms with van der Waals surface area (Å²) in [4.78, 5) is 17.8. The van der Waals surface area contributed by atoms with Crippen molar-refractivity contribution in [1.82, 2.24) is 5.32 Å². The van der Waals surface area contributed by atoms with Crippen LogP contribution in [0, 0.1) is 23.1 Å². The molecule has 7 heteroatoms. The van der Waals surface area contributed by atoms with Crippen molar-refractivity contribution in [3.05, 3.63) is 89.2 Å². The molecule has 158 valence electrons. The monoisotopic (exact) mass is 426 g/mol. The van der Waals surface area contributed by atoms with Crippen LogP contribution in [0.25, 0.3) is 11.1 Å². The molecule has 0 radical (unpaired) electrons. The zero-order valence-corrected chi connectivity index (χ0v) is 17.2. The van der Waals surface area contributed by atoms with Crippen molar-refractivity contribution in [3.63, 3.8) is 0 Å². The van der Waals surface area contributed by atoms with E-state index in [1.54, 1.807) is 30.3 Å². The van der Waals surface area contributed by atoms with Gasteiger partial charge >= 0.3 is 0 Å². The Morgan fingerprint density at radius 3 is 2.56 bits per heavy atom. The molecule has 0 saturated carbocycles. The molecule has 3 atom stereocenters. The lowest BCUT2D eigenvalue weighted by Crippen LogP contribution is -2.48. The first-order valence-electron chi connectivity index (χ1n) is 10.2. The first-order chi connectivity index (χ1) is 15.4. The van der Waals surface area contributed by atoms with E-state index in [-0.39, 0.29) is 17.7 Å². The van der Waals surface area contributed by atoms with E-state index in [0.717, 1.165) is 16.7 Å². The molecular weight excluding hydrogens is 407 g/mol. The molecule has 0 aromatic heterocycles. The maximum Gasteiger partial charge on any atom is 0.259 e. The number of hydrogen-bond acceptors (Lipinski definition) is 5. The molecule has 5 rings (SSSR count). The summed E-state index contributed by atoms with van der Waals surface area (Å²) < 4.78 is 19.8. The standard InChI is InChI=1S/C25H19FN4O2/c1-14-22(16-5-8-19(26)9-6-16)32-21-10-7-18(17-4-2-3-15(11-17)13-27)12-20(21)25(14)23(31)29-24(28)30-25/h2-12,14,22H,1H3,(H3,28,29,30,31)/t14?,22-,25?/m0/s1. The average molecular weight is 426 g/mol. The summed E-state index contributed by atoms with van der Waals surface area (Å²) in [5, 5.41) is 11.9. The highest BCUT2D eigenvalue weighted by atomic mass is 19.1. The molecule has 2 heterocycles. The summed E-state index contributed by atoms with van der Waals surface area (Å²) in [6.07, 6.45) is -0.531. The van der Waals surface area contributed by atoms with E-state index in [1.807, 2.05) is 31.2 Å². The molecule has 0 bridgehead atoms. The van der Waals surface area contributed by atoms with Gasteiger partial charge in [-0.05, 0) is 53.1 Å². The van der Waals surface area contributed by atoms with Crippen molar-refractivity contribution in [2.75, 3.05) is 0 Å². The summed E-state index contributed by atoms with van der Waals surface area (Å²) in [6.45, 7) is 1.88. The second-order valence-corrected chi connectivity index (χ2v) is 8.00. The Kier molecular flexibility index (Phi) is 4.45. The number of carbonyl (C=O) groups is 1. The maximum absolute atomic E-state index is 13.5. The summed E-state index contributed by atoms with van der Waals surface area (Å²) in [7, 11) is 0. The SMILES string of the molecule is CC1[C@@H](c2ccc(F)cc2)Oc2ccc(-c3cccc(C#N)c3)cc2C12N=C(N)NC2=O. The number of nitrogens with one attached hydrogen (secondary N) is 1. The summed E-state index contributed by atoms with van der Waals surface area (Å²) >= 11 is 0. The normalized spacial score (nSPS) is 23.7. The van der Waals surface area contributed by atoms with Gasteiger partial charge in [-0.1, -0.05) is 37.3 Å². The minimum atomic E-state index is -1.29. The zero-order chi connectivity index (χ0) is 22.5. The minimum Gasteiger partial charge on any atom is -0.485 e. The first kappa shape index (κ1) is 19.8. The van der Waals surface area contributed by atoms with Crippen LogP contribution in [0.1, 0.15) is 29.7 Å². The van der Waals surface area contributed by atoms with E-state index in [9.17, 15) is 14.4 Å². The zero-order valence-electron chi connectivity index (χ0n) is 17.2. The van der Waals surface area contributed by atoms with E-state index < -0.39 is 17.6 Å². The summed E-state index contributed by atoms with van der Waals surface area (Å²) in [5.41, 5.74) is 8.18. The number of nitriles is 1. The molecule has 2 aliphatic heterocycles. The Labute approximate surface area is 184 Å². The van der Waals surface area contributed by atoms with E-state index in [1.165, 1.54) is 12.1 Å². The molecule has 1 amide bonds. The van der Waals surface area contributed by atoms with Crippen LogP contribution in [0.3, 0.4) is 0 Å². The number of nitrogens with zero attached hydrogens (tertiary/aromatic N) is 2. The van der Waals surface area contributed by atoms with Crippen molar-refractivity contribution in [2.45, 2.75) is 18.6 Å². The number of amides is 1. The topological polar surface area (TPSA) is 100 Å². The number of aliphatic imine (C=N–C) groups is 1. The first-order valence-corrected chi connectivity index (χ1v) is 10.2. The second kappa shape index (κ2) is 7.20. The molecule has 32 heavy (non-hydrogen) atoms. The second-order valence-electron chi connectivity index (χ2n) is 8.00. The predicted octanol–water partition coefficient (Wildman–Crippen LogP) is 3.77. The number of benzene rings is 3. The molecule has 0 aliphatic carbocycles. The molecule has 0 fully saturated rings. The van der Waals surface area contributed by atoms with Gasteiger partial charge in [0.15, 0.2) is 11.5 Å². The molecule has 0 saturated heterocycles. The van der Waals surface area contributed by atoms with Gasteiger partial charge in [0.2, 0.25) is 0 Å². The van der Waals surface area contributed by atoms with Crippen LogP contribution in [0.2, 0.25) is 0 Å². The third kappa shape index (κ3) is 2.92. The van der Waals surface area contributed by atoms with Gasteiger partial charge in [0.1, 0.15) is 17.7 Å². The van der Waals surface area contributed by atoms with Crippen LogP contribution >= 0.6 is 0 Å². The fourth-order valence-electron chi connectivity index (χ4n) is 4.56. The molecule has 2 unspecified atom stereocenters. The van der Waals surface area contributed by atoms with E-state index in [2.05, 4.69) is 16.4 Å². The minimum absolute atomic E-state index is 0.0458. The van der Waals surface area contributed by atoms with Crippen molar-refractivity contribution < 1.29 is 13.9 Å². The van der Waals surface area contributed by atoms with Gasteiger partial charge in [-0.2, -0.15) is 5.26 Å². The number of fused-ring (bicyclic) bond motifs is 2. The van der Waals surface area contributed by atoms with E-state index >= 15 is 0 Å². The molecule has 2 aliphatic rings. The molecule has 6 nitrogen and oxygen atoms in total. The molecular formula is C25H19FN4O2. The Morgan fingerprint density at radius 1 is 1.12 bits per heavy atom.